The second-order valence-corrected chi connectivity index (χ2v) is 1.79. The Labute approximate surface area is 47.1 Å². The molecule has 1 rings (SSSR count). The number of rotatable bonds is 0. The van der Waals surface area contributed by atoms with Gasteiger partial charge < -0.3 is 0 Å². The molecule has 0 bridgehead atoms. The van der Waals surface area contributed by atoms with Gasteiger partial charge in [-0.25, -0.2) is 5.32 Å². The number of nitrogens with zero attached hydrogens (tertiary/aromatic N) is 1. The van der Waals surface area contributed by atoms with E-state index in [0.717, 1.165) is 0 Å². The van der Waals surface area contributed by atoms with Crippen LogP contribution in [0.25, 0.3) is 0 Å². The normalized spacial score (nSPS) is 21.5. The van der Waals surface area contributed by atoms with Crippen molar-refractivity contribution in [2.45, 2.75) is 6.42 Å². The fourth-order valence-electron chi connectivity index (χ4n) is 0.637. The molecule has 43 valence electrons. The predicted octanol–water partition coefficient (Wildman–Crippen LogP) is -0.867. The summed E-state index contributed by atoms with van der Waals surface area (Å²) in [5.41, 5.74) is 0. The van der Waals surface area contributed by atoms with Crippen LogP contribution in [-0.4, -0.2) is 24.7 Å². The standard InChI is InChI=1S/C5H6NO2/c7-4-1-5(8)3-6-2-4/h1-3H2. The molecule has 0 aliphatic carbocycles. The molecule has 3 heteroatoms. The molecule has 0 unspecified atom stereocenters. The Hall–Kier alpha value is -0.700. The van der Waals surface area contributed by atoms with E-state index in [1.807, 2.05) is 0 Å². The van der Waals surface area contributed by atoms with Crippen LogP contribution in [0.5, 0.6) is 0 Å². The van der Waals surface area contributed by atoms with Gasteiger partial charge in [-0.15, -0.1) is 0 Å². The number of hydrogen-bond acceptors (Lipinski definition) is 2. The summed E-state index contributed by atoms with van der Waals surface area (Å²) < 4.78 is 0. The molecule has 0 aromatic heterocycles. The zero-order valence-electron chi connectivity index (χ0n) is 4.39. The summed E-state index contributed by atoms with van der Waals surface area (Å²) >= 11 is 0. The first-order valence-corrected chi connectivity index (χ1v) is 2.45. The van der Waals surface area contributed by atoms with Gasteiger partial charge in [-0.3, -0.25) is 9.59 Å². The molecule has 0 N–H and O–H groups in total. The topological polar surface area (TPSA) is 48.2 Å². The first-order valence-electron chi connectivity index (χ1n) is 2.45. The Kier molecular flexibility index (Phi) is 1.39. The SMILES string of the molecule is O=C1C[N]CC(=O)C1. The Morgan fingerprint density at radius 1 is 1.12 bits per heavy atom. The van der Waals surface area contributed by atoms with Gasteiger partial charge in [0.25, 0.3) is 0 Å². The third-order valence-electron chi connectivity index (χ3n) is 0.971. The monoisotopic (exact) mass is 112 g/mol. The fourth-order valence-corrected chi connectivity index (χ4v) is 0.637. The molecule has 1 saturated heterocycles. The molecule has 8 heavy (non-hydrogen) atoms. The summed E-state index contributed by atoms with van der Waals surface area (Å²) in [5.74, 6) is -0.109. The Bertz CT molecular complexity index is 116. The first-order chi connectivity index (χ1) is 3.79. The van der Waals surface area contributed by atoms with Crippen LogP contribution in [-0.2, 0) is 9.59 Å². The van der Waals surface area contributed by atoms with Crippen molar-refractivity contribution in [3.05, 3.63) is 0 Å². The van der Waals surface area contributed by atoms with Gasteiger partial charge in [0.2, 0.25) is 0 Å². The van der Waals surface area contributed by atoms with E-state index in [0.29, 0.717) is 0 Å². The van der Waals surface area contributed by atoms with Gasteiger partial charge in [-0.05, 0) is 0 Å². The average molecular weight is 112 g/mol. The maximum atomic E-state index is 10.4. The second kappa shape index (κ2) is 2.05. The van der Waals surface area contributed by atoms with Gasteiger partial charge >= 0.3 is 0 Å². The van der Waals surface area contributed by atoms with E-state index in [1.165, 1.54) is 0 Å². The van der Waals surface area contributed by atoms with Crippen molar-refractivity contribution < 1.29 is 9.59 Å². The van der Waals surface area contributed by atoms with Gasteiger partial charge in [0.05, 0.1) is 19.5 Å². The maximum absolute atomic E-state index is 10.4. The molecule has 0 aromatic carbocycles. The van der Waals surface area contributed by atoms with Gasteiger partial charge in [0, 0.05) is 0 Å². The molecule has 1 heterocycles. The molecular formula is C5H6NO2. The first kappa shape index (κ1) is 5.44. The van der Waals surface area contributed by atoms with E-state index in [2.05, 4.69) is 5.32 Å². The maximum Gasteiger partial charge on any atom is 0.155 e. The molecule has 0 saturated carbocycles. The van der Waals surface area contributed by atoms with E-state index < -0.39 is 0 Å². The van der Waals surface area contributed by atoms with E-state index in [4.69, 9.17) is 0 Å². The smallest absolute Gasteiger partial charge is 0.155 e. The highest BCUT2D eigenvalue weighted by molar-refractivity contribution is 6.02. The van der Waals surface area contributed by atoms with Crippen molar-refractivity contribution in [1.29, 1.82) is 0 Å². The van der Waals surface area contributed by atoms with Crippen molar-refractivity contribution in [2.24, 2.45) is 0 Å². The van der Waals surface area contributed by atoms with E-state index >= 15 is 0 Å². The highest BCUT2D eigenvalue weighted by atomic mass is 16.2. The lowest BCUT2D eigenvalue weighted by Crippen LogP contribution is -2.31. The van der Waals surface area contributed by atoms with Crippen molar-refractivity contribution in [3.8, 4) is 0 Å². The zero-order valence-corrected chi connectivity index (χ0v) is 4.39. The molecule has 0 atom stereocenters. The van der Waals surface area contributed by atoms with Crippen molar-refractivity contribution in [2.75, 3.05) is 13.1 Å². The minimum Gasteiger partial charge on any atom is -0.298 e. The summed E-state index contributed by atoms with van der Waals surface area (Å²) in [5, 5.41) is 3.64. The average Bonchev–Trinajstić information content (AvgIpc) is 1.64. The number of Topliss-reactive ketones (excluding diaryl/α,β-unsaturated/α-hetero) is 2. The molecule has 1 fully saturated rings. The molecule has 3 nitrogen and oxygen atoms in total. The Morgan fingerprint density at radius 3 is 1.88 bits per heavy atom. The molecule has 1 radical (unpaired) electrons. The van der Waals surface area contributed by atoms with Gasteiger partial charge in [-0.1, -0.05) is 0 Å². The number of piperidine rings is 1. The number of carbonyl (C=O) groups is 2. The summed E-state index contributed by atoms with van der Waals surface area (Å²) in [7, 11) is 0. The summed E-state index contributed by atoms with van der Waals surface area (Å²) in [6, 6.07) is 0. The number of ketones is 2. The third kappa shape index (κ3) is 1.13. The van der Waals surface area contributed by atoms with Crippen LogP contribution in [0.15, 0.2) is 0 Å². The van der Waals surface area contributed by atoms with Crippen molar-refractivity contribution >= 4 is 11.6 Å². The molecular weight excluding hydrogens is 106 g/mol. The highest BCUT2D eigenvalue weighted by Gasteiger charge is 2.15. The lowest BCUT2D eigenvalue weighted by molar-refractivity contribution is -0.128. The molecule has 0 aromatic rings. The largest absolute Gasteiger partial charge is 0.298 e. The summed E-state index contributed by atoms with van der Waals surface area (Å²) in [6.45, 7) is 0.484. The van der Waals surface area contributed by atoms with Crippen LogP contribution in [0.4, 0.5) is 0 Å². The number of carbonyl (C=O) groups excluding carboxylic acids is 2. The van der Waals surface area contributed by atoms with E-state index in [1.54, 1.807) is 0 Å². The second-order valence-electron chi connectivity index (χ2n) is 1.79. The van der Waals surface area contributed by atoms with Gasteiger partial charge in [-0.2, -0.15) is 0 Å². The molecule has 1 aliphatic rings. The van der Waals surface area contributed by atoms with E-state index in [9.17, 15) is 9.59 Å². The van der Waals surface area contributed by atoms with Crippen molar-refractivity contribution in [3.63, 3.8) is 0 Å². The van der Waals surface area contributed by atoms with Gasteiger partial charge in [0.15, 0.2) is 11.6 Å². The molecule has 0 amide bonds. The van der Waals surface area contributed by atoms with Gasteiger partial charge in [0.1, 0.15) is 0 Å². The summed E-state index contributed by atoms with van der Waals surface area (Å²) in [4.78, 5) is 20.7. The lowest BCUT2D eigenvalue weighted by Gasteiger charge is -2.05. The van der Waals surface area contributed by atoms with Crippen LogP contribution in [0, 0.1) is 0 Å². The van der Waals surface area contributed by atoms with E-state index in [-0.39, 0.29) is 31.1 Å². The minimum atomic E-state index is -0.0544. The minimum absolute atomic E-state index is 0.0544. The number of hydrogen-bond donors (Lipinski definition) is 0. The van der Waals surface area contributed by atoms with Crippen LogP contribution in [0.1, 0.15) is 6.42 Å². The third-order valence-corrected chi connectivity index (χ3v) is 0.971. The predicted molar refractivity (Wildman–Crippen MR) is 26.5 cm³/mol. The van der Waals surface area contributed by atoms with Crippen LogP contribution in [0.2, 0.25) is 0 Å². The van der Waals surface area contributed by atoms with Crippen LogP contribution < -0.4 is 5.32 Å². The lowest BCUT2D eigenvalue weighted by atomic mass is 10.1. The molecule has 0 spiro atoms. The van der Waals surface area contributed by atoms with Crippen molar-refractivity contribution in [1.82, 2.24) is 5.32 Å². The zero-order chi connectivity index (χ0) is 5.98. The highest BCUT2D eigenvalue weighted by Crippen LogP contribution is 1.90. The van der Waals surface area contributed by atoms with Crippen LogP contribution >= 0.6 is 0 Å². The summed E-state index contributed by atoms with van der Waals surface area (Å²) in [6.07, 6.45) is 0.101. The molecule has 1 aliphatic heterocycles. The Morgan fingerprint density at radius 2 is 1.62 bits per heavy atom. The Balaban J connectivity index is 2.45. The van der Waals surface area contributed by atoms with Crippen LogP contribution in [0.3, 0.4) is 0 Å². The fraction of sp³-hybridized carbons (Fsp3) is 0.600. The quantitative estimate of drug-likeness (QED) is 0.382.